The molecule has 0 saturated carbocycles. The predicted molar refractivity (Wildman–Crippen MR) is 102 cm³/mol. The maximum Gasteiger partial charge on any atom is 0.280 e. The Labute approximate surface area is 161 Å². The van der Waals surface area contributed by atoms with E-state index in [-0.39, 0.29) is 5.75 Å². The second-order valence-electron chi connectivity index (χ2n) is 5.23. The summed E-state index contributed by atoms with van der Waals surface area (Å²) in [7, 11) is 0. The Morgan fingerprint density at radius 1 is 1.27 bits per heavy atom. The molecule has 2 N–H and O–H groups in total. The van der Waals surface area contributed by atoms with E-state index >= 15 is 0 Å². The van der Waals surface area contributed by atoms with Crippen LogP contribution in [0.25, 0.3) is 0 Å². The zero-order valence-electron chi connectivity index (χ0n) is 14.2. The van der Waals surface area contributed by atoms with Crippen LogP contribution in [0.5, 0.6) is 17.2 Å². The topological polar surface area (TPSA) is 80.2 Å². The molecule has 0 saturated heterocycles. The van der Waals surface area contributed by atoms with Crippen molar-refractivity contribution in [1.82, 2.24) is 5.43 Å². The number of carbonyl (C=O) groups is 1. The number of phenolic OH excluding ortho intramolecular Hbond substituents is 1. The number of hydrogen-bond acceptors (Lipinski definition) is 5. The third kappa shape index (κ3) is 5.54. The third-order valence-electron chi connectivity index (χ3n) is 3.24. The summed E-state index contributed by atoms with van der Waals surface area (Å²) in [4.78, 5) is 12.1. The Hall–Kier alpha value is -2.44. The van der Waals surface area contributed by atoms with E-state index in [1.165, 1.54) is 18.3 Å². The molecule has 138 valence electrons. The molecule has 0 heterocycles. The van der Waals surface area contributed by atoms with E-state index < -0.39 is 12.0 Å². The largest absolute Gasteiger partial charge is 0.504 e. The van der Waals surface area contributed by atoms with E-state index in [1.807, 2.05) is 6.92 Å². The summed E-state index contributed by atoms with van der Waals surface area (Å²) in [5, 5.41) is 14.3. The van der Waals surface area contributed by atoms with Crippen LogP contribution in [0.4, 0.5) is 0 Å². The maximum absolute atomic E-state index is 12.1. The molecule has 0 unspecified atom stereocenters. The number of hydrogen-bond donors (Lipinski definition) is 2. The average Bonchev–Trinajstić information content (AvgIpc) is 2.60. The molecular formula is C18H18Cl2N2O4. The van der Waals surface area contributed by atoms with Crippen molar-refractivity contribution in [2.24, 2.45) is 5.10 Å². The first-order valence-corrected chi connectivity index (χ1v) is 8.56. The number of amides is 1. The first-order valence-electron chi connectivity index (χ1n) is 7.81. The minimum Gasteiger partial charge on any atom is -0.504 e. The van der Waals surface area contributed by atoms with Gasteiger partial charge in [0, 0.05) is 5.02 Å². The van der Waals surface area contributed by atoms with Gasteiger partial charge in [0.25, 0.3) is 5.91 Å². The van der Waals surface area contributed by atoms with Crippen LogP contribution < -0.4 is 14.9 Å². The van der Waals surface area contributed by atoms with Gasteiger partial charge in [-0.3, -0.25) is 4.79 Å². The molecule has 1 atom stereocenters. The molecule has 1 amide bonds. The summed E-state index contributed by atoms with van der Waals surface area (Å²) in [6.07, 6.45) is 0.617. The van der Waals surface area contributed by atoms with Gasteiger partial charge in [-0.2, -0.15) is 5.10 Å². The lowest BCUT2D eigenvalue weighted by Crippen LogP contribution is -2.33. The van der Waals surface area contributed by atoms with Crippen molar-refractivity contribution >= 4 is 35.3 Å². The van der Waals surface area contributed by atoms with Crippen molar-refractivity contribution < 1.29 is 19.4 Å². The standard InChI is InChI=1S/C18H18Cl2N2O4/c1-3-25-17-8-12(4-6-15(17)23)10-21-22-18(24)11(2)26-16-7-5-13(19)9-14(16)20/h4-11,23H,3H2,1-2H3,(H,22,24)/b21-10-/t11-/m0/s1. The molecule has 2 aromatic carbocycles. The Kier molecular flexibility index (Phi) is 7.12. The van der Waals surface area contributed by atoms with E-state index in [4.69, 9.17) is 32.7 Å². The normalized spacial score (nSPS) is 12.0. The zero-order valence-corrected chi connectivity index (χ0v) is 15.7. The number of rotatable bonds is 7. The third-order valence-corrected chi connectivity index (χ3v) is 3.77. The molecule has 6 nitrogen and oxygen atoms in total. The van der Waals surface area contributed by atoms with Crippen molar-refractivity contribution in [2.45, 2.75) is 20.0 Å². The first kappa shape index (κ1) is 19.9. The number of phenols is 1. The Bertz CT molecular complexity index is 812. The minimum atomic E-state index is -0.815. The van der Waals surface area contributed by atoms with Gasteiger partial charge < -0.3 is 14.6 Å². The highest BCUT2D eigenvalue weighted by Crippen LogP contribution is 2.28. The van der Waals surface area contributed by atoms with Crippen LogP contribution in [0.15, 0.2) is 41.5 Å². The molecule has 0 aliphatic rings. The number of carbonyl (C=O) groups excluding carboxylic acids is 1. The molecule has 8 heteroatoms. The van der Waals surface area contributed by atoms with Crippen LogP contribution in [-0.4, -0.2) is 29.9 Å². The molecule has 2 rings (SSSR count). The fourth-order valence-electron chi connectivity index (χ4n) is 1.96. The molecule has 0 radical (unpaired) electrons. The van der Waals surface area contributed by atoms with Gasteiger partial charge in [0.15, 0.2) is 17.6 Å². The van der Waals surface area contributed by atoms with E-state index in [1.54, 1.807) is 31.2 Å². The van der Waals surface area contributed by atoms with Crippen molar-refractivity contribution in [2.75, 3.05) is 6.61 Å². The van der Waals surface area contributed by atoms with Gasteiger partial charge in [-0.25, -0.2) is 5.43 Å². The van der Waals surface area contributed by atoms with Crippen LogP contribution in [0.2, 0.25) is 10.0 Å². The van der Waals surface area contributed by atoms with Crippen LogP contribution in [0.1, 0.15) is 19.4 Å². The molecule has 0 spiro atoms. The van der Waals surface area contributed by atoms with Crippen molar-refractivity contribution in [3.8, 4) is 17.2 Å². The number of benzene rings is 2. The fraction of sp³-hybridized carbons (Fsp3) is 0.222. The number of aromatic hydroxyl groups is 1. The lowest BCUT2D eigenvalue weighted by Gasteiger charge is -2.14. The SMILES string of the molecule is CCOc1cc(/C=N\NC(=O)[C@H](C)Oc2ccc(Cl)cc2Cl)ccc1O. The van der Waals surface area contributed by atoms with E-state index in [2.05, 4.69) is 10.5 Å². The first-order chi connectivity index (χ1) is 12.4. The van der Waals surface area contributed by atoms with E-state index in [0.717, 1.165) is 0 Å². The van der Waals surface area contributed by atoms with Crippen LogP contribution in [0.3, 0.4) is 0 Å². The summed E-state index contributed by atoms with van der Waals surface area (Å²) in [6.45, 7) is 3.81. The predicted octanol–water partition coefficient (Wildman–Crippen LogP) is 4.02. The second kappa shape index (κ2) is 9.31. The Morgan fingerprint density at radius 3 is 2.73 bits per heavy atom. The van der Waals surface area contributed by atoms with Gasteiger partial charge in [0.1, 0.15) is 5.75 Å². The van der Waals surface area contributed by atoms with Crippen molar-refractivity contribution in [3.05, 3.63) is 52.0 Å². The van der Waals surface area contributed by atoms with E-state index in [0.29, 0.717) is 33.7 Å². The van der Waals surface area contributed by atoms with Gasteiger partial charge in [0.05, 0.1) is 17.8 Å². The summed E-state index contributed by atoms with van der Waals surface area (Å²) in [5.74, 6) is 0.283. The van der Waals surface area contributed by atoms with Crippen molar-refractivity contribution in [3.63, 3.8) is 0 Å². The van der Waals surface area contributed by atoms with E-state index in [9.17, 15) is 9.90 Å². The molecule has 0 bridgehead atoms. The highest BCUT2D eigenvalue weighted by Gasteiger charge is 2.15. The maximum atomic E-state index is 12.1. The summed E-state index contributed by atoms with van der Waals surface area (Å²) in [5.41, 5.74) is 3.03. The number of nitrogens with one attached hydrogen (secondary N) is 1. The number of nitrogens with zero attached hydrogens (tertiary/aromatic N) is 1. The fourth-order valence-corrected chi connectivity index (χ4v) is 2.41. The molecule has 0 aromatic heterocycles. The van der Waals surface area contributed by atoms with Gasteiger partial charge in [0.2, 0.25) is 0 Å². The van der Waals surface area contributed by atoms with Crippen molar-refractivity contribution in [1.29, 1.82) is 0 Å². The molecular weight excluding hydrogens is 379 g/mol. The molecule has 0 aliphatic carbocycles. The molecule has 0 fully saturated rings. The average molecular weight is 397 g/mol. The lowest BCUT2D eigenvalue weighted by molar-refractivity contribution is -0.127. The summed E-state index contributed by atoms with van der Waals surface area (Å²) < 4.78 is 10.8. The van der Waals surface area contributed by atoms with Gasteiger partial charge in [-0.1, -0.05) is 23.2 Å². The second-order valence-corrected chi connectivity index (χ2v) is 6.07. The molecule has 0 aliphatic heterocycles. The van der Waals surface area contributed by atoms with Gasteiger partial charge in [-0.15, -0.1) is 0 Å². The number of hydrazone groups is 1. The van der Waals surface area contributed by atoms with Crippen LogP contribution >= 0.6 is 23.2 Å². The molecule has 26 heavy (non-hydrogen) atoms. The van der Waals surface area contributed by atoms with Crippen LogP contribution in [0, 0.1) is 0 Å². The van der Waals surface area contributed by atoms with Gasteiger partial charge in [-0.05, 0) is 55.8 Å². The Balaban J connectivity index is 1.94. The number of ether oxygens (including phenoxy) is 2. The Morgan fingerprint density at radius 2 is 2.04 bits per heavy atom. The van der Waals surface area contributed by atoms with Gasteiger partial charge >= 0.3 is 0 Å². The minimum absolute atomic E-state index is 0.0369. The highest BCUT2D eigenvalue weighted by atomic mass is 35.5. The number of halogens is 2. The summed E-state index contributed by atoms with van der Waals surface area (Å²) in [6, 6.07) is 9.48. The molecule has 2 aromatic rings. The lowest BCUT2D eigenvalue weighted by atomic mass is 10.2. The smallest absolute Gasteiger partial charge is 0.280 e. The highest BCUT2D eigenvalue weighted by molar-refractivity contribution is 6.35. The monoisotopic (exact) mass is 396 g/mol. The quantitative estimate of drug-likeness (QED) is 0.547. The zero-order chi connectivity index (χ0) is 19.1. The summed E-state index contributed by atoms with van der Waals surface area (Å²) >= 11 is 11.8. The van der Waals surface area contributed by atoms with Crippen LogP contribution in [-0.2, 0) is 4.79 Å².